The van der Waals surface area contributed by atoms with E-state index in [9.17, 15) is 9.59 Å². The number of aromatic nitrogens is 2. The van der Waals surface area contributed by atoms with Gasteiger partial charge >= 0.3 is 5.69 Å². The largest absolute Gasteiger partial charge is 0.384 e. The van der Waals surface area contributed by atoms with E-state index in [1.165, 1.54) is 0 Å². The van der Waals surface area contributed by atoms with Crippen molar-refractivity contribution >= 4 is 10.9 Å². The van der Waals surface area contributed by atoms with E-state index >= 15 is 0 Å². The number of hydrogen-bond donors (Lipinski definition) is 3. The number of benzene rings is 1. The summed E-state index contributed by atoms with van der Waals surface area (Å²) in [7, 11) is 0. The molecule has 0 spiro atoms. The van der Waals surface area contributed by atoms with E-state index in [1.54, 1.807) is 18.2 Å². The fourth-order valence-electron chi connectivity index (χ4n) is 1.38. The Balaban J connectivity index is 2.71. The monoisotopic (exact) mass is 216 g/mol. The molecule has 80 valence electrons. The molecule has 0 atom stereocenters. The van der Waals surface area contributed by atoms with Crippen LogP contribution in [0.4, 0.5) is 0 Å². The average Bonchev–Trinajstić information content (AvgIpc) is 2.26. The highest BCUT2D eigenvalue weighted by Gasteiger charge is 2.00. The van der Waals surface area contributed by atoms with E-state index in [0.717, 1.165) is 0 Å². The van der Waals surface area contributed by atoms with Crippen LogP contribution in [0.2, 0.25) is 0 Å². The molecule has 1 aromatic carbocycles. The van der Waals surface area contributed by atoms with Crippen LogP contribution in [0.25, 0.3) is 10.9 Å². The first-order chi connectivity index (χ1) is 7.70. The fourth-order valence-corrected chi connectivity index (χ4v) is 1.38. The van der Waals surface area contributed by atoms with Gasteiger partial charge in [-0.05, 0) is 18.2 Å². The second-order valence-corrected chi connectivity index (χ2v) is 3.13. The lowest BCUT2D eigenvalue weighted by atomic mass is 10.1. The molecule has 0 aliphatic carbocycles. The predicted octanol–water partition coefficient (Wildman–Crippen LogP) is -0.440. The maximum atomic E-state index is 11.5. The minimum absolute atomic E-state index is 0.236. The number of hydrogen-bond acceptors (Lipinski definition) is 3. The van der Waals surface area contributed by atoms with Gasteiger partial charge in [0.1, 0.15) is 6.61 Å². The molecule has 0 saturated carbocycles. The number of H-pyrrole nitrogens is 2. The van der Waals surface area contributed by atoms with Gasteiger partial charge in [-0.25, -0.2) is 4.79 Å². The van der Waals surface area contributed by atoms with E-state index in [4.69, 9.17) is 5.11 Å². The number of aromatic amines is 2. The Morgan fingerprint density at radius 3 is 2.81 bits per heavy atom. The Labute approximate surface area is 89.8 Å². The van der Waals surface area contributed by atoms with E-state index in [2.05, 4.69) is 21.8 Å². The summed E-state index contributed by atoms with van der Waals surface area (Å²) in [5.41, 5.74) is 0.0838. The van der Waals surface area contributed by atoms with Gasteiger partial charge < -0.3 is 10.1 Å². The zero-order valence-electron chi connectivity index (χ0n) is 8.20. The number of aliphatic hydroxyl groups excluding tert-OH is 1. The van der Waals surface area contributed by atoms with E-state index in [0.29, 0.717) is 16.5 Å². The summed E-state index contributed by atoms with van der Waals surface area (Å²) >= 11 is 0. The Morgan fingerprint density at radius 2 is 2.06 bits per heavy atom. The molecule has 2 aromatic rings. The van der Waals surface area contributed by atoms with Crippen molar-refractivity contribution in [3.8, 4) is 11.8 Å². The number of rotatable bonds is 0. The van der Waals surface area contributed by atoms with Crippen molar-refractivity contribution in [3.63, 3.8) is 0 Å². The summed E-state index contributed by atoms with van der Waals surface area (Å²) in [6, 6.07) is 4.83. The molecular formula is C11H8N2O3. The molecule has 16 heavy (non-hydrogen) atoms. The van der Waals surface area contributed by atoms with Gasteiger partial charge in [0.2, 0.25) is 0 Å². The first-order valence-electron chi connectivity index (χ1n) is 4.57. The lowest BCUT2D eigenvalue weighted by Gasteiger charge is -1.96. The second-order valence-electron chi connectivity index (χ2n) is 3.13. The molecule has 0 aliphatic rings. The third kappa shape index (κ3) is 1.87. The van der Waals surface area contributed by atoms with E-state index in [-0.39, 0.29) is 6.61 Å². The molecule has 0 amide bonds. The van der Waals surface area contributed by atoms with Gasteiger partial charge in [-0.3, -0.25) is 9.78 Å². The summed E-state index contributed by atoms with van der Waals surface area (Å²) in [4.78, 5) is 27.1. The van der Waals surface area contributed by atoms with Gasteiger partial charge in [0.25, 0.3) is 5.56 Å². The molecule has 1 heterocycles. The van der Waals surface area contributed by atoms with Gasteiger partial charge in [-0.15, -0.1) is 0 Å². The summed E-state index contributed by atoms with van der Waals surface area (Å²) in [5, 5.41) is 8.91. The number of nitrogens with one attached hydrogen (secondary N) is 2. The molecular weight excluding hydrogens is 208 g/mol. The molecule has 5 heteroatoms. The fraction of sp³-hybridized carbons (Fsp3) is 0.0909. The summed E-state index contributed by atoms with van der Waals surface area (Å²) in [5.74, 6) is 5.16. The quantitative estimate of drug-likeness (QED) is 0.522. The maximum Gasteiger partial charge on any atom is 0.326 e. The number of aliphatic hydroxyl groups is 1. The van der Waals surface area contributed by atoms with Crippen LogP contribution < -0.4 is 11.2 Å². The van der Waals surface area contributed by atoms with Gasteiger partial charge in [0, 0.05) is 5.56 Å². The molecule has 1 aromatic heterocycles. The standard InChI is InChI=1S/C11H8N2O3/c14-5-1-2-7-3-4-9-8(6-7)10(15)13-11(16)12-9/h3-4,6,14H,5H2,(H2,12,13,15,16). The summed E-state index contributed by atoms with van der Waals surface area (Å²) in [6.45, 7) is -0.236. The molecule has 3 N–H and O–H groups in total. The highest BCUT2D eigenvalue weighted by Crippen LogP contribution is 2.07. The van der Waals surface area contributed by atoms with Crippen molar-refractivity contribution in [2.45, 2.75) is 0 Å². The lowest BCUT2D eigenvalue weighted by molar-refractivity contribution is 0.350. The average molecular weight is 216 g/mol. The van der Waals surface area contributed by atoms with E-state index < -0.39 is 11.2 Å². The van der Waals surface area contributed by atoms with Crippen LogP contribution >= 0.6 is 0 Å². The Kier molecular flexibility index (Phi) is 2.58. The van der Waals surface area contributed by atoms with Crippen LogP contribution in [0.3, 0.4) is 0 Å². The summed E-state index contributed by atoms with van der Waals surface area (Å²) in [6.07, 6.45) is 0. The third-order valence-electron chi connectivity index (χ3n) is 2.05. The molecule has 0 aliphatic heterocycles. The van der Waals surface area contributed by atoms with Gasteiger partial charge in [0.15, 0.2) is 0 Å². The predicted molar refractivity (Wildman–Crippen MR) is 59.2 cm³/mol. The Bertz CT molecular complexity index is 701. The molecule has 0 fully saturated rings. The maximum absolute atomic E-state index is 11.5. The van der Waals surface area contributed by atoms with Crippen molar-refractivity contribution in [1.82, 2.24) is 9.97 Å². The highest BCUT2D eigenvalue weighted by atomic mass is 16.2. The molecule has 2 rings (SSSR count). The van der Waals surface area contributed by atoms with Gasteiger partial charge in [-0.2, -0.15) is 0 Å². The third-order valence-corrected chi connectivity index (χ3v) is 2.05. The zero-order valence-corrected chi connectivity index (χ0v) is 8.20. The Hall–Kier alpha value is -2.32. The zero-order chi connectivity index (χ0) is 11.5. The Morgan fingerprint density at radius 1 is 1.25 bits per heavy atom. The minimum Gasteiger partial charge on any atom is -0.384 e. The topological polar surface area (TPSA) is 85.9 Å². The number of fused-ring (bicyclic) bond motifs is 1. The molecule has 0 unspecified atom stereocenters. The van der Waals surface area contributed by atoms with Crippen LogP contribution in [0.5, 0.6) is 0 Å². The smallest absolute Gasteiger partial charge is 0.326 e. The van der Waals surface area contributed by atoms with E-state index in [1.807, 2.05) is 0 Å². The summed E-state index contributed by atoms with van der Waals surface area (Å²) < 4.78 is 0. The lowest BCUT2D eigenvalue weighted by Crippen LogP contribution is -2.21. The van der Waals surface area contributed by atoms with Crippen LogP contribution in [0.15, 0.2) is 27.8 Å². The van der Waals surface area contributed by atoms with Crippen molar-refractivity contribution < 1.29 is 5.11 Å². The minimum atomic E-state index is -0.535. The van der Waals surface area contributed by atoms with Crippen LogP contribution in [0.1, 0.15) is 5.56 Å². The van der Waals surface area contributed by atoms with Crippen LogP contribution in [-0.4, -0.2) is 21.7 Å². The van der Waals surface area contributed by atoms with Gasteiger partial charge in [-0.1, -0.05) is 11.8 Å². The van der Waals surface area contributed by atoms with Crippen molar-refractivity contribution in [1.29, 1.82) is 0 Å². The highest BCUT2D eigenvalue weighted by molar-refractivity contribution is 5.78. The SMILES string of the molecule is O=c1[nH]c(=O)c2cc(C#CCO)ccc2[nH]1. The molecule has 0 bridgehead atoms. The molecule has 0 radical (unpaired) electrons. The first-order valence-corrected chi connectivity index (χ1v) is 4.57. The van der Waals surface area contributed by atoms with Crippen LogP contribution in [0, 0.1) is 11.8 Å². The first kappa shape index (κ1) is 10.2. The van der Waals surface area contributed by atoms with Crippen molar-refractivity contribution in [2.24, 2.45) is 0 Å². The molecule has 0 saturated heterocycles. The normalized spacial score (nSPS) is 9.81. The molecule has 5 nitrogen and oxygen atoms in total. The van der Waals surface area contributed by atoms with Crippen molar-refractivity contribution in [2.75, 3.05) is 6.61 Å². The second kappa shape index (κ2) is 4.04. The van der Waals surface area contributed by atoms with Crippen molar-refractivity contribution in [3.05, 3.63) is 44.6 Å². The van der Waals surface area contributed by atoms with Crippen LogP contribution in [-0.2, 0) is 0 Å². The van der Waals surface area contributed by atoms with Gasteiger partial charge in [0.05, 0.1) is 10.9 Å².